The third kappa shape index (κ3) is 2.74. The predicted molar refractivity (Wildman–Crippen MR) is 107 cm³/mol. The van der Waals surface area contributed by atoms with Gasteiger partial charge in [0.1, 0.15) is 0 Å². The molecule has 0 unspecified atom stereocenters. The van der Waals surface area contributed by atoms with Crippen molar-refractivity contribution in [3.05, 3.63) is 106 Å². The average Bonchev–Trinajstić information content (AvgIpc) is 2.94. The fourth-order valence-electron chi connectivity index (χ4n) is 3.43. The molecule has 28 heavy (non-hydrogen) atoms. The molecular weight excluding hydrogens is 376 g/mol. The molecule has 0 saturated carbocycles. The summed E-state index contributed by atoms with van der Waals surface area (Å²) in [5.74, 6) is -2.39. The lowest BCUT2D eigenvalue weighted by atomic mass is 9.84. The van der Waals surface area contributed by atoms with Gasteiger partial charge in [0.25, 0.3) is 0 Å². The van der Waals surface area contributed by atoms with Crippen molar-refractivity contribution < 1.29 is 19.7 Å². The molecule has 0 aromatic heterocycles. The second-order valence-corrected chi connectivity index (χ2v) is 7.10. The van der Waals surface area contributed by atoms with Crippen LogP contribution in [-0.4, -0.2) is 16.2 Å². The van der Waals surface area contributed by atoms with Gasteiger partial charge in [-0.25, -0.2) is 4.79 Å². The highest BCUT2D eigenvalue weighted by Crippen LogP contribution is 2.47. The van der Waals surface area contributed by atoms with Crippen molar-refractivity contribution in [2.75, 3.05) is 0 Å². The first-order valence-electron chi connectivity index (χ1n) is 8.72. The molecule has 0 bridgehead atoms. The number of hydrogen-bond acceptors (Lipinski definition) is 4. The number of aliphatic hydroxyl groups is 2. The van der Waals surface area contributed by atoms with Gasteiger partial charge >= 0.3 is 5.97 Å². The number of carbonyl (C=O) groups excluding carboxylic acids is 1. The van der Waals surface area contributed by atoms with Crippen molar-refractivity contribution in [2.45, 2.75) is 12.5 Å². The number of aliphatic hydroxyl groups excluding tert-OH is 2. The van der Waals surface area contributed by atoms with Crippen molar-refractivity contribution in [3.63, 3.8) is 0 Å². The Kier molecular flexibility index (Phi) is 4.36. The smallest absolute Gasteiger partial charge is 0.378 e. The van der Waals surface area contributed by atoms with E-state index in [0.29, 0.717) is 16.1 Å². The minimum Gasteiger partial charge on any atom is -0.504 e. The van der Waals surface area contributed by atoms with E-state index in [2.05, 4.69) is 0 Å². The van der Waals surface area contributed by atoms with E-state index in [1.807, 2.05) is 37.3 Å². The van der Waals surface area contributed by atoms with Crippen LogP contribution in [0, 0.1) is 6.92 Å². The summed E-state index contributed by atoms with van der Waals surface area (Å²) >= 11 is 6.58. The lowest BCUT2D eigenvalue weighted by Crippen LogP contribution is -2.31. The quantitative estimate of drug-likeness (QED) is 0.582. The molecule has 3 aromatic rings. The molecule has 1 atom stereocenters. The molecular formula is C23H17ClO4. The Morgan fingerprint density at radius 1 is 0.893 bits per heavy atom. The third-order valence-corrected chi connectivity index (χ3v) is 5.22. The molecule has 0 saturated heterocycles. The van der Waals surface area contributed by atoms with E-state index in [1.54, 1.807) is 42.5 Å². The van der Waals surface area contributed by atoms with Crippen molar-refractivity contribution >= 4 is 17.6 Å². The van der Waals surface area contributed by atoms with E-state index in [-0.39, 0.29) is 0 Å². The van der Waals surface area contributed by atoms with Gasteiger partial charge in [-0.05, 0) is 24.1 Å². The third-order valence-electron chi connectivity index (χ3n) is 4.91. The Morgan fingerprint density at radius 3 is 2.11 bits per heavy atom. The van der Waals surface area contributed by atoms with Gasteiger partial charge in [-0.2, -0.15) is 0 Å². The van der Waals surface area contributed by atoms with Crippen LogP contribution in [-0.2, 0) is 15.1 Å². The Bertz CT molecular complexity index is 1090. The Balaban J connectivity index is 1.89. The number of benzene rings is 3. The maximum atomic E-state index is 12.0. The van der Waals surface area contributed by atoms with Gasteiger partial charge in [0, 0.05) is 16.1 Å². The number of carbonyl (C=O) groups is 1. The van der Waals surface area contributed by atoms with Gasteiger partial charge in [-0.3, -0.25) is 0 Å². The number of rotatable bonds is 3. The number of halogens is 1. The molecule has 0 radical (unpaired) electrons. The van der Waals surface area contributed by atoms with Crippen LogP contribution in [0.5, 0.6) is 0 Å². The monoisotopic (exact) mass is 392 g/mol. The SMILES string of the molecule is Cc1ccc(-c2ccc([C@@]3(c4ccccc4)OC(=O)C(O)=C3O)c(Cl)c2)cc1. The number of ether oxygens (including phenoxy) is 1. The van der Waals surface area contributed by atoms with E-state index >= 15 is 0 Å². The lowest BCUT2D eigenvalue weighted by Gasteiger charge is -2.29. The molecule has 0 fully saturated rings. The maximum absolute atomic E-state index is 12.0. The number of hydrogen-bond donors (Lipinski definition) is 2. The molecule has 1 aliphatic rings. The number of esters is 1. The van der Waals surface area contributed by atoms with Crippen LogP contribution in [0.4, 0.5) is 0 Å². The number of aryl methyl sites for hydroxylation is 1. The normalized spacial score (nSPS) is 19.0. The van der Waals surface area contributed by atoms with Crippen LogP contribution >= 0.6 is 11.6 Å². The van der Waals surface area contributed by atoms with Crippen LogP contribution < -0.4 is 0 Å². The molecule has 2 N–H and O–H groups in total. The van der Waals surface area contributed by atoms with Crippen molar-refractivity contribution in [2.24, 2.45) is 0 Å². The number of cyclic esters (lactones) is 1. The summed E-state index contributed by atoms with van der Waals surface area (Å²) in [6, 6.07) is 22.0. The highest BCUT2D eigenvalue weighted by molar-refractivity contribution is 6.32. The molecule has 0 spiro atoms. The first kappa shape index (κ1) is 18.1. The van der Waals surface area contributed by atoms with E-state index in [4.69, 9.17) is 16.3 Å². The van der Waals surface area contributed by atoms with Gasteiger partial charge in [0.2, 0.25) is 11.4 Å². The molecule has 4 rings (SSSR count). The molecule has 1 aliphatic heterocycles. The van der Waals surface area contributed by atoms with E-state index < -0.39 is 23.1 Å². The summed E-state index contributed by atoms with van der Waals surface area (Å²) in [4.78, 5) is 12.0. The fraction of sp³-hybridized carbons (Fsp3) is 0.0870. The minimum atomic E-state index is -1.69. The summed E-state index contributed by atoms with van der Waals surface area (Å²) in [6.07, 6.45) is 0. The molecule has 1 heterocycles. The van der Waals surface area contributed by atoms with E-state index in [9.17, 15) is 15.0 Å². The van der Waals surface area contributed by atoms with Crippen LogP contribution in [0.1, 0.15) is 16.7 Å². The zero-order valence-electron chi connectivity index (χ0n) is 15.0. The topological polar surface area (TPSA) is 66.8 Å². The molecule has 3 aromatic carbocycles. The average molecular weight is 393 g/mol. The molecule has 5 heteroatoms. The summed E-state index contributed by atoms with van der Waals surface area (Å²) in [7, 11) is 0. The molecule has 140 valence electrons. The van der Waals surface area contributed by atoms with Gasteiger partial charge in [-0.1, -0.05) is 83.9 Å². The molecule has 0 amide bonds. The van der Waals surface area contributed by atoms with E-state index in [1.165, 1.54) is 0 Å². The highest BCUT2D eigenvalue weighted by Gasteiger charge is 2.52. The lowest BCUT2D eigenvalue weighted by molar-refractivity contribution is -0.147. The maximum Gasteiger partial charge on any atom is 0.378 e. The zero-order valence-corrected chi connectivity index (χ0v) is 15.8. The first-order chi connectivity index (χ1) is 13.4. The molecule has 0 aliphatic carbocycles. The van der Waals surface area contributed by atoms with Gasteiger partial charge in [0.05, 0.1) is 0 Å². The van der Waals surface area contributed by atoms with Crippen molar-refractivity contribution in [1.29, 1.82) is 0 Å². The van der Waals surface area contributed by atoms with Gasteiger partial charge < -0.3 is 14.9 Å². The second-order valence-electron chi connectivity index (χ2n) is 6.69. The minimum absolute atomic E-state index is 0.302. The standard InChI is InChI=1S/C23H17ClO4/c1-14-7-9-15(10-8-14)16-11-12-18(19(24)13-16)23(17-5-3-2-4-6-17)21(26)20(25)22(27)28-23/h2-13,25-26H,1H3/t23-/m1/s1. The van der Waals surface area contributed by atoms with Gasteiger partial charge in [-0.15, -0.1) is 0 Å². The summed E-state index contributed by atoms with van der Waals surface area (Å²) in [5.41, 5.74) is 2.18. The van der Waals surface area contributed by atoms with Crippen molar-refractivity contribution in [1.82, 2.24) is 0 Å². The summed E-state index contributed by atoms with van der Waals surface area (Å²) < 4.78 is 5.49. The van der Waals surface area contributed by atoms with Crippen molar-refractivity contribution in [3.8, 4) is 11.1 Å². The second kappa shape index (κ2) is 6.73. The Morgan fingerprint density at radius 2 is 1.54 bits per heavy atom. The largest absolute Gasteiger partial charge is 0.504 e. The van der Waals surface area contributed by atoms with Crippen LogP contribution in [0.3, 0.4) is 0 Å². The van der Waals surface area contributed by atoms with E-state index in [0.717, 1.165) is 16.7 Å². The molecule has 4 nitrogen and oxygen atoms in total. The predicted octanol–water partition coefficient (Wildman–Crippen LogP) is 5.44. The highest BCUT2D eigenvalue weighted by atomic mass is 35.5. The fourth-order valence-corrected chi connectivity index (χ4v) is 3.75. The first-order valence-corrected chi connectivity index (χ1v) is 9.10. The van der Waals surface area contributed by atoms with Crippen LogP contribution in [0.15, 0.2) is 84.3 Å². The van der Waals surface area contributed by atoms with Gasteiger partial charge in [0.15, 0.2) is 5.76 Å². The summed E-state index contributed by atoms with van der Waals surface area (Å²) in [5, 5.41) is 20.9. The Labute approximate surface area is 167 Å². The van der Waals surface area contributed by atoms with Crippen LogP contribution in [0.25, 0.3) is 11.1 Å². The zero-order chi connectivity index (χ0) is 19.9. The summed E-state index contributed by atoms with van der Waals surface area (Å²) in [6.45, 7) is 2.01. The van der Waals surface area contributed by atoms with Crippen LogP contribution in [0.2, 0.25) is 5.02 Å². The Hall–Kier alpha value is -3.24.